The standard InChI is InChI=1S/C22H23NO4/c1-14-3-5-16(6-4-14)7-8-21(24)23-10-9-17-12-18-19(27-20(17)13-23)11-15(2)26-22(18)25/h3-6,11-12,20H,7-10,13H2,1-2H3/t20-/m0/s1. The van der Waals surface area contributed by atoms with Crippen LogP contribution in [0, 0.1) is 13.8 Å². The Morgan fingerprint density at radius 3 is 2.78 bits per heavy atom. The molecule has 140 valence electrons. The van der Waals surface area contributed by atoms with E-state index in [0.717, 1.165) is 12.0 Å². The number of likely N-dealkylation sites (tertiary alicyclic amines) is 1. The van der Waals surface area contributed by atoms with E-state index in [-0.39, 0.29) is 17.6 Å². The van der Waals surface area contributed by atoms with Crippen molar-refractivity contribution < 1.29 is 13.9 Å². The monoisotopic (exact) mass is 365 g/mol. The van der Waals surface area contributed by atoms with E-state index >= 15 is 0 Å². The second-order valence-electron chi connectivity index (χ2n) is 7.32. The van der Waals surface area contributed by atoms with Crippen molar-refractivity contribution in [2.24, 2.45) is 0 Å². The summed E-state index contributed by atoms with van der Waals surface area (Å²) in [4.78, 5) is 26.5. The molecule has 1 saturated heterocycles. The second kappa shape index (κ2) is 7.06. The summed E-state index contributed by atoms with van der Waals surface area (Å²) in [5, 5.41) is 0. The number of aryl methyl sites for hydroxylation is 3. The van der Waals surface area contributed by atoms with Gasteiger partial charge in [-0.15, -0.1) is 0 Å². The molecule has 1 aromatic heterocycles. The first kappa shape index (κ1) is 17.6. The summed E-state index contributed by atoms with van der Waals surface area (Å²) in [6, 6.07) is 10.0. The molecule has 27 heavy (non-hydrogen) atoms. The first-order chi connectivity index (χ1) is 13.0. The third kappa shape index (κ3) is 3.68. The van der Waals surface area contributed by atoms with Crippen molar-refractivity contribution in [3.63, 3.8) is 0 Å². The largest absolute Gasteiger partial charge is 0.483 e. The van der Waals surface area contributed by atoms with Crippen molar-refractivity contribution in [2.75, 3.05) is 13.1 Å². The Morgan fingerprint density at radius 2 is 2.00 bits per heavy atom. The number of hydrogen-bond donors (Lipinski definition) is 0. The average Bonchev–Trinajstić information content (AvgIpc) is 2.65. The number of piperidine rings is 1. The third-order valence-corrected chi connectivity index (χ3v) is 5.24. The SMILES string of the molecule is Cc1ccc(CCC(=O)N2CCC3=Cc4c(cc(C)oc4=O)O[C@H]3C2)cc1. The first-order valence-electron chi connectivity index (χ1n) is 9.35. The van der Waals surface area contributed by atoms with Crippen LogP contribution in [-0.2, 0) is 11.2 Å². The Bertz CT molecular complexity index is 955. The van der Waals surface area contributed by atoms with Crippen molar-refractivity contribution in [1.29, 1.82) is 0 Å². The van der Waals surface area contributed by atoms with Gasteiger partial charge < -0.3 is 14.1 Å². The number of ether oxygens (including phenoxy) is 1. The Morgan fingerprint density at radius 1 is 1.22 bits per heavy atom. The lowest BCUT2D eigenvalue weighted by Crippen LogP contribution is -2.46. The van der Waals surface area contributed by atoms with Crippen molar-refractivity contribution >= 4 is 12.0 Å². The number of amides is 1. The van der Waals surface area contributed by atoms with E-state index in [1.54, 1.807) is 13.0 Å². The van der Waals surface area contributed by atoms with Gasteiger partial charge in [-0.2, -0.15) is 0 Å². The van der Waals surface area contributed by atoms with Crippen LogP contribution >= 0.6 is 0 Å². The molecule has 0 spiro atoms. The van der Waals surface area contributed by atoms with E-state index in [1.165, 1.54) is 11.1 Å². The van der Waals surface area contributed by atoms with Gasteiger partial charge in [0.25, 0.3) is 0 Å². The van der Waals surface area contributed by atoms with Crippen LogP contribution in [0.15, 0.2) is 45.1 Å². The van der Waals surface area contributed by atoms with Gasteiger partial charge in [-0.1, -0.05) is 29.8 Å². The van der Waals surface area contributed by atoms with E-state index in [2.05, 4.69) is 31.2 Å². The molecule has 0 aliphatic carbocycles. The molecular formula is C22H23NO4. The van der Waals surface area contributed by atoms with Crippen LogP contribution in [0.4, 0.5) is 0 Å². The third-order valence-electron chi connectivity index (χ3n) is 5.24. The summed E-state index contributed by atoms with van der Waals surface area (Å²) in [5.74, 6) is 1.22. The van der Waals surface area contributed by atoms with Crippen LogP contribution in [0.25, 0.3) is 6.08 Å². The molecule has 1 atom stereocenters. The van der Waals surface area contributed by atoms with Gasteiger partial charge >= 0.3 is 5.63 Å². The molecular weight excluding hydrogens is 342 g/mol. The fourth-order valence-electron chi connectivity index (χ4n) is 3.66. The van der Waals surface area contributed by atoms with Crippen LogP contribution in [-0.4, -0.2) is 30.0 Å². The summed E-state index contributed by atoms with van der Waals surface area (Å²) >= 11 is 0. The highest BCUT2D eigenvalue weighted by Crippen LogP contribution is 2.32. The summed E-state index contributed by atoms with van der Waals surface area (Å²) in [6.45, 7) is 4.97. The number of rotatable bonds is 3. The van der Waals surface area contributed by atoms with Gasteiger partial charge in [0.05, 0.1) is 6.54 Å². The summed E-state index contributed by atoms with van der Waals surface area (Å²) in [5.41, 5.74) is 3.57. The van der Waals surface area contributed by atoms with Gasteiger partial charge in [0.1, 0.15) is 23.2 Å². The molecule has 0 saturated carbocycles. The molecule has 1 aromatic carbocycles. The van der Waals surface area contributed by atoms with Gasteiger partial charge in [0.15, 0.2) is 0 Å². The van der Waals surface area contributed by atoms with Crippen LogP contribution in [0.1, 0.15) is 35.3 Å². The smallest absolute Gasteiger partial charge is 0.346 e. The molecule has 4 rings (SSSR count). The molecule has 1 fully saturated rings. The van der Waals surface area contributed by atoms with Crippen molar-refractivity contribution in [3.8, 4) is 5.75 Å². The lowest BCUT2D eigenvalue weighted by atomic mass is 9.95. The number of nitrogens with zero attached hydrogens (tertiary/aromatic N) is 1. The number of carbonyl (C=O) groups is 1. The Labute approximate surface area is 158 Å². The van der Waals surface area contributed by atoms with Crippen molar-refractivity contribution in [3.05, 3.63) is 68.8 Å². The maximum Gasteiger partial charge on any atom is 0.346 e. The van der Waals surface area contributed by atoms with E-state index in [9.17, 15) is 9.59 Å². The summed E-state index contributed by atoms with van der Waals surface area (Å²) in [7, 11) is 0. The first-order valence-corrected chi connectivity index (χ1v) is 9.35. The molecule has 0 bridgehead atoms. The predicted molar refractivity (Wildman–Crippen MR) is 103 cm³/mol. The predicted octanol–water partition coefficient (Wildman–Crippen LogP) is 3.27. The highest BCUT2D eigenvalue weighted by atomic mass is 16.5. The zero-order valence-electron chi connectivity index (χ0n) is 15.7. The van der Waals surface area contributed by atoms with E-state index < -0.39 is 0 Å². The minimum absolute atomic E-state index is 0.146. The minimum atomic E-state index is -0.368. The Balaban J connectivity index is 1.42. The van der Waals surface area contributed by atoms with E-state index in [4.69, 9.17) is 9.15 Å². The lowest BCUT2D eigenvalue weighted by molar-refractivity contribution is -0.132. The molecule has 3 heterocycles. The van der Waals surface area contributed by atoms with Crippen LogP contribution in [0.5, 0.6) is 5.75 Å². The number of benzene rings is 1. The molecule has 0 unspecified atom stereocenters. The van der Waals surface area contributed by atoms with Crippen LogP contribution in [0.2, 0.25) is 0 Å². The maximum atomic E-state index is 12.7. The summed E-state index contributed by atoms with van der Waals surface area (Å²) in [6.07, 6.45) is 3.65. The highest BCUT2D eigenvalue weighted by molar-refractivity contribution is 5.77. The normalized spacial score (nSPS) is 18.2. The van der Waals surface area contributed by atoms with Crippen molar-refractivity contribution in [1.82, 2.24) is 4.90 Å². The van der Waals surface area contributed by atoms with Gasteiger partial charge in [-0.3, -0.25) is 4.79 Å². The molecule has 1 amide bonds. The minimum Gasteiger partial charge on any atom is -0.483 e. The van der Waals surface area contributed by atoms with Gasteiger partial charge in [0.2, 0.25) is 5.91 Å². The molecule has 0 radical (unpaired) electrons. The molecule has 2 aromatic rings. The zero-order chi connectivity index (χ0) is 19.0. The molecule has 5 nitrogen and oxygen atoms in total. The topological polar surface area (TPSA) is 59.8 Å². The Hall–Kier alpha value is -2.82. The van der Waals surface area contributed by atoms with Crippen molar-refractivity contribution in [2.45, 2.75) is 39.2 Å². The zero-order valence-corrected chi connectivity index (χ0v) is 15.7. The van der Waals surface area contributed by atoms with E-state index in [1.807, 2.05) is 11.0 Å². The fraction of sp³-hybridized carbons (Fsp3) is 0.364. The number of hydrogen-bond acceptors (Lipinski definition) is 4. The maximum absolute atomic E-state index is 12.7. The van der Waals surface area contributed by atoms with Crippen LogP contribution < -0.4 is 10.4 Å². The average molecular weight is 365 g/mol. The second-order valence-corrected chi connectivity index (χ2v) is 7.32. The molecule has 5 heteroatoms. The number of fused-ring (bicyclic) bond motifs is 2. The van der Waals surface area contributed by atoms with Crippen LogP contribution in [0.3, 0.4) is 0 Å². The van der Waals surface area contributed by atoms with Gasteiger partial charge in [-0.05, 0) is 43.9 Å². The molecule has 0 N–H and O–H groups in total. The fourth-order valence-corrected chi connectivity index (χ4v) is 3.66. The van der Waals surface area contributed by atoms with E-state index in [0.29, 0.717) is 43.0 Å². The summed E-state index contributed by atoms with van der Waals surface area (Å²) < 4.78 is 11.2. The Kier molecular flexibility index (Phi) is 4.60. The quantitative estimate of drug-likeness (QED) is 0.838. The lowest BCUT2D eigenvalue weighted by Gasteiger charge is -2.37. The number of carbonyl (C=O) groups excluding carboxylic acids is 1. The van der Waals surface area contributed by atoms with Gasteiger partial charge in [0, 0.05) is 19.0 Å². The highest BCUT2D eigenvalue weighted by Gasteiger charge is 2.32. The van der Waals surface area contributed by atoms with Gasteiger partial charge in [-0.25, -0.2) is 4.79 Å². The molecule has 2 aliphatic rings. The molecule has 2 aliphatic heterocycles.